The highest BCUT2D eigenvalue weighted by molar-refractivity contribution is 7.89. The molecule has 0 radical (unpaired) electrons. The molecular weight excluding hydrogens is 221 g/mol. The van der Waals surface area contributed by atoms with Crippen LogP contribution in [0.2, 0.25) is 0 Å². The predicted octanol–water partition coefficient (Wildman–Crippen LogP) is 1.18. The van der Waals surface area contributed by atoms with Gasteiger partial charge in [0, 0.05) is 0 Å². The van der Waals surface area contributed by atoms with Crippen molar-refractivity contribution in [1.82, 2.24) is 0 Å². The highest BCUT2D eigenvalue weighted by atomic mass is 32.2. The average molecular weight is 233 g/mol. The molecule has 1 unspecified atom stereocenters. The summed E-state index contributed by atoms with van der Waals surface area (Å²) in [5.74, 6) is -0.536. The molecule has 4 nitrogen and oxygen atoms in total. The van der Waals surface area contributed by atoms with Gasteiger partial charge in [-0.25, -0.2) is 17.9 Å². The van der Waals surface area contributed by atoms with Crippen molar-refractivity contribution in [1.29, 1.82) is 0 Å². The zero-order valence-corrected chi connectivity index (χ0v) is 9.21. The minimum atomic E-state index is -3.70. The van der Waals surface area contributed by atoms with E-state index in [2.05, 4.69) is 0 Å². The van der Waals surface area contributed by atoms with E-state index in [0.717, 1.165) is 6.07 Å². The summed E-state index contributed by atoms with van der Waals surface area (Å²) < 4.78 is 40.0. The molecule has 1 rings (SSSR count). The molecule has 0 aliphatic carbocycles. The van der Waals surface area contributed by atoms with Crippen molar-refractivity contribution in [3.05, 3.63) is 29.6 Å². The van der Waals surface area contributed by atoms with Gasteiger partial charge in [0.1, 0.15) is 0 Å². The second kappa shape index (κ2) is 4.16. The molecule has 0 amide bonds. The number of sulfonamides is 1. The molecule has 15 heavy (non-hydrogen) atoms. The third-order valence-corrected chi connectivity index (χ3v) is 3.40. The first-order valence-corrected chi connectivity index (χ1v) is 5.82. The zero-order valence-electron chi connectivity index (χ0n) is 8.40. The molecule has 0 aliphatic rings. The fraction of sp³-hybridized carbons (Fsp3) is 0.333. The van der Waals surface area contributed by atoms with E-state index in [1.54, 1.807) is 0 Å². The van der Waals surface area contributed by atoms with E-state index in [0.29, 0.717) is 5.56 Å². The van der Waals surface area contributed by atoms with Crippen LogP contribution < -0.4 is 9.88 Å². The molecule has 0 fully saturated rings. The number of hydrogen-bond donors (Lipinski definition) is 1. The van der Waals surface area contributed by atoms with Crippen molar-refractivity contribution in [2.24, 2.45) is 5.14 Å². The molecule has 0 saturated carbocycles. The van der Waals surface area contributed by atoms with Crippen molar-refractivity contribution in [3.63, 3.8) is 0 Å². The summed E-state index contributed by atoms with van der Waals surface area (Å²) in [5.41, 5.74) is 0.302. The van der Waals surface area contributed by atoms with Crippen LogP contribution in [-0.4, -0.2) is 15.5 Å². The second-order valence-corrected chi connectivity index (χ2v) is 5.01. The Balaban J connectivity index is 3.13. The second-order valence-electron chi connectivity index (χ2n) is 3.13. The lowest BCUT2D eigenvalue weighted by atomic mass is 10.1. The van der Waals surface area contributed by atoms with Crippen LogP contribution in [-0.2, 0) is 10.0 Å². The van der Waals surface area contributed by atoms with Crippen LogP contribution in [0.5, 0.6) is 5.75 Å². The average Bonchev–Trinajstić information content (AvgIpc) is 2.15. The molecule has 0 aliphatic heterocycles. The standard InChI is InChI=1S/C9H12FNO3S/c1-6(15(11,12)13)7-3-4-9(14-2)8(10)5-7/h3-6H,1-2H3,(H2,11,12,13). The molecule has 1 aromatic carbocycles. The molecule has 84 valence electrons. The summed E-state index contributed by atoms with van der Waals surface area (Å²) in [4.78, 5) is 0. The maximum Gasteiger partial charge on any atom is 0.215 e. The summed E-state index contributed by atoms with van der Waals surface area (Å²) in [7, 11) is -2.37. The lowest BCUT2D eigenvalue weighted by Gasteiger charge is -2.10. The van der Waals surface area contributed by atoms with Gasteiger partial charge in [0.05, 0.1) is 12.4 Å². The molecular formula is C9H12FNO3S. The van der Waals surface area contributed by atoms with Crippen molar-refractivity contribution in [2.45, 2.75) is 12.2 Å². The quantitative estimate of drug-likeness (QED) is 0.852. The largest absolute Gasteiger partial charge is 0.494 e. The molecule has 6 heteroatoms. The minimum absolute atomic E-state index is 0.0698. The molecule has 0 spiro atoms. The summed E-state index contributed by atoms with van der Waals surface area (Å²) in [6, 6.07) is 3.94. The van der Waals surface area contributed by atoms with Gasteiger partial charge in [0.15, 0.2) is 11.6 Å². The van der Waals surface area contributed by atoms with Crippen LogP contribution in [0.25, 0.3) is 0 Å². The summed E-state index contributed by atoms with van der Waals surface area (Å²) in [5, 5.41) is 4.02. The molecule has 0 aromatic heterocycles. The first-order chi connectivity index (χ1) is 6.86. The normalized spacial score (nSPS) is 13.6. The van der Waals surface area contributed by atoms with Crippen LogP contribution in [0, 0.1) is 5.82 Å². The van der Waals surface area contributed by atoms with Crippen molar-refractivity contribution < 1.29 is 17.5 Å². The van der Waals surface area contributed by atoms with Crippen LogP contribution in [0.3, 0.4) is 0 Å². The van der Waals surface area contributed by atoms with Gasteiger partial charge in [-0.15, -0.1) is 0 Å². The first kappa shape index (κ1) is 11.9. The maximum atomic E-state index is 13.2. The Morgan fingerprint density at radius 2 is 2.07 bits per heavy atom. The number of ether oxygens (including phenoxy) is 1. The molecule has 0 heterocycles. The topological polar surface area (TPSA) is 69.4 Å². The summed E-state index contributed by atoms with van der Waals surface area (Å²) in [6.45, 7) is 1.40. The number of primary sulfonamides is 1. The SMILES string of the molecule is COc1ccc(C(C)S(N)(=O)=O)cc1F. The van der Waals surface area contributed by atoms with Crippen molar-refractivity contribution in [3.8, 4) is 5.75 Å². The third kappa shape index (κ3) is 2.66. The number of methoxy groups -OCH3 is 1. The molecule has 1 atom stereocenters. The van der Waals surface area contributed by atoms with Gasteiger partial charge >= 0.3 is 0 Å². The number of hydrogen-bond acceptors (Lipinski definition) is 3. The highest BCUT2D eigenvalue weighted by Crippen LogP contribution is 2.24. The van der Waals surface area contributed by atoms with E-state index in [4.69, 9.17) is 9.88 Å². The monoisotopic (exact) mass is 233 g/mol. The van der Waals surface area contributed by atoms with Crippen molar-refractivity contribution >= 4 is 10.0 Å². The van der Waals surface area contributed by atoms with Gasteiger partial charge in [0.2, 0.25) is 10.0 Å². The molecule has 0 bridgehead atoms. The minimum Gasteiger partial charge on any atom is -0.494 e. The molecule has 1 aromatic rings. The van der Waals surface area contributed by atoms with Crippen molar-refractivity contribution in [2.75, 3.05) is 7.11 Å². The van der Waals surface area contributed by atoms with Crippen LogP contribution in [0.15, 0.2) is 18.2 Å². The lowest BCUT2D eigenvalue weighted by Crippen LogP contribution is -2.19. The maximum absolute atomic E-state index is 13.2. The van der Waals surface area contributed by atoms with E-state index in [-0.39, 0.29) is 5.75 Å². The fourth-order valence-corrected chi connectivity index (χ4v) is 1.65. The Morgan fingerprint density at radius 3 is 2.47 bits per heavy atom. The van der Waals surface area contributed by atoms with Gasteiger partial charge in [-0.3, -0.25) is 0 Å². The van der Waals surface area contributed by atoms with Crippen LogP contribution in [0.4, 0.5) is 4.39 Å². The Kier molecular flexibility index (Phi) is 3.31. The predicted molar refractivity (Wildman–Crippen MR) is 54.5 cm³/mol. The Morgan fingerprint density at radius 1 is 1.47 bits per heavy atom. The van der Waals surface area contributed by atoms with Gasteiger partial charge in [-0.1, -0.05) is 6.07 Å². The lowest BCUT2D eigenvalue weighted by molar-refractivity contribution is 0.386. The van der Waals surface area contributed by atoms with Crippen LogP contribution in [0.1, 0.15) is 17.7 Å². The summed E-state index contributed by atoms with van der Waals surface area (Å²) >= 11 is 0. The zero-order chi connectivity index (χ0) is 11.6. The van der Waals surface area contributed by atoms with Gasteiger partial charge in [0.25, 0.3) is 0 Å². The number of nitrogens with two attached hydrogens (primary N) is 1. The Hall–Kier alpha value is -1.14. The van der Waals surface area contributed by atoms with E-state index >= 15 is 0 Å². The summed E-state index contributed by atoms with van der Waals surface area (Å²) in [6.07, 6.45) is 0. The highest BCUT2D eigenvalue weighted by Gasteiger charge is 2.19. The third-order valence-electron chi connectivity index (χ3n) is 2.14. The fourth-order valence-electron chi connectivity index (χ4n) is 1.13. The van der Waals surface area contributed by atoms with Crippen LogP contribution >= 0.6 is 0 Å². The van der Waals surface area contributed by atoms with E-state index in [1.807, 2.05) is 0 Å². The number of halogens is 1. The number of benzene rings is 1. The first-order valence-electron chi connectivity index (χ1n) is 4.21. The van der Waals surface area contributed by atoms with E-state index in [9.17, 15) is 12.8 Å². The number of rotatable bonds is 3. The Bertz CT molecular complexity index is 458. The van der Waals surface area contributed by atoms with Gasteiger partial charge in [-0.2, -0.15) is 0 Å². The molecule has 2 N–H and O–H groups in total. The van der Waals surface area contributed by atoms with Gasteiger partial charge in [-0.05, 0) is 24.6 Å². The van der Waals surface area contributed by atoms with E-state index in [1.165, 1.54) is 26.2 Å². The molecule has 0 saturated heterocycles. The smallest absolute Gasteiger partial charge is 0.215 e. The Labute approximate surface area is 87.9 Å². The van der Waals surface area contributed by atoms with E-state index < -0.39 is 21.1 Å². The van der Waals surface area contributed by atoms with Gasteiger partial charge < -0.3 is 4.74 Å².